The third-order valence-corrected chi connectivity index (χ3v) is 3.03. The first-order chi connectivity index (χ1) is 9.10. The predicted molar refractivity (Wildman–Crippen MR) is 71.9 cm³/mol. The number of hydrogen-bond acceptors (Lipinski definition) is 3. The van der Waals surface area contributed by atoms with Crippen molar-refractivity contribution in [2.24, 2.45) is 0 Å². The van der Waals surface area contributed by atoms with Crippen LogP contribution in [0.3, 0.4) is 0 Å². The molecule has 19 heavy (non-hydrogen) atoms. The Kier molecular flexibility index (Phi) is 3.97. The summed E-state index contributed by atoms with van der Waals surface area (Å²) in [6.45, 7) is 2.47. The second-order valence-corrected chi connectivity index (χ2v) is 4.47. The van der Waals surface area contributed by atoms with Crippen LogP contribution in [0.25, 0.3) is 0 Å². The van der Waals surface area contributed by atoms with Crippen molar-refractivity contribution in [2.75, 3.05) is 0 Å². The summed E-state index contributed by atoms with van der Waals surface area (Å²) in [5, 5.41) is 20.4. The average molecular weight is 260 g/mol. The van der Waals surface area contributed by atoms with Gasteiger partial charge in [0.05, 0.1) is 11.0 Å². The van der Waals surface area contributed by atoms with Gasteiger partial charge in [0.15, 0.2) is 0 Å². The van der Waals surface area contributed by atoms with Gasteiger partial charge in [-0.2, -0.15) is 0 Å². The van der Waals surface area contributed by atoms with Gasteiger partial charge in [-0.05, 0) is 23.6 Å². The number of benzene rings is 1. The number of aliphatic hydroxyl groups excluding tert-OH is 1. The van der Waals surface area contributed by atoms with Gasteiger partial charge in [-0.15, -0.1) is 0 Å². The molecule has 0 aliphatic carbocycles. The lowest BCUT2D eigenvalue weighted by molar-refractivity contribution is -0.384. The van der Waals surface area contributed by atoms with E-state index in [1.165, 1.54) is 6.07 Å². The number of non-ortho nitro benzene ring substituents is 1. The van der Waals surface area contributed by atoms with Gasteiger partial charge in [0, 0.05) is 31.1 Å². The molecule has 5 heteroatoms. The molecule has 1 aromatic heterocycles. The summed E-state index contributed by atoms with van der Waals surface area (Å²) in [5.41, 5.74) is 1.83. The summed E-state index contributed by atoms with van der Waals surface area (Å²) in [5.74, 6) is 0. The van der Waals surface area contributed by atoms with E-state index in [9.17, 15) is 15.2 Å². The van der Waals surface area contributed by atoms with Crippen LogP contribution >= 0.6 is 0 Å². The molecule has 1 heterocycles. The quantitative estimate of drug-likeness (QED) is 0.664. The maximum atomic E-state index is 10.7. The molecule has 1 N–H and O–H groups in total. The molecule has 0 fully saturated rings. The number of rotatable bonds is 5. The molecule has 0 radical (unpaired) electrons. The van der Waals surface area contributed by atoms with Crippen LogP contribution in [-0.2, 0) is 6.54 Å². The number of nitro groups is 1. The zero-order chi connectivity index (χ0) is 13.8. The molecular weight excluding hydrogens is 244 g/mol. The molecule has 0 amide bonds. The Morgan fingerprint density at radius 2 is 2.21 bits per heavy atom. The van der Waals surface area contributed by atoms with Crippen LogP contribution in [-0.4, -0.2) is 14.6 Å². The topological polar surface area (TPSA) is 68.3 Å². The SMILES string of the molecule is CCC(O)c1ccn(Cc2cccc([N+](=O)[O-])c2)c1. The maximum Gasteiger partial charge on any atom is 0.269 e. The predicted octanol–water partition coefficient (Wildman–Crippen LogP) is 2.89. The Morgan fingerprint density at radius 3 is 2.89 bits per heavy atom. The Bertz CT molecular complexity index is 578. The van der Waals surface area contributed by atoms with Crippen molar-refractivity contribution in [1.29, 1.82) is 0 Å². The average Bonchev–Trinajstić information content (AvgIpc) is 2.86. The van der Waals surface area contributed by atoms with E-state index in [0.717, 1.165) is 11.1 Å². The second kappa shape index (κ2) is 5.67. The van der Waals surface area contributed by atoms with E-state index in [1.807, 2.05) is 36.0 Å². The zero-order valence-electron chi connectivity index (χ0n) is 10.7. The third-order valence-electron chi connectivity index (χ3n) is 3.03. The minimum atomic E-state index is -0.452. The molecule has 2 aromatic rings. The van der Waals surface area contributed by atoms with Crippen LogP contribution in [0.1, 0.15) is 30.6 Å². The normalized spacial score (nSPS) is 12.3. The fourth-order valence-electron chi connectivity index (χ4n) is 1.97. The third kappa shape index (κ3) is 3.20. The zero-order valence-corrected chi connectivity index (χ0v) is 10.7. The number of hydrogen-bond donors (Lipinski definition) is 1. The van der Waals surface area contributed by atoms with Crippen LogP contribution in [0.2, 0.25) is 0 Å². The van der Waals surface area contributed by atoms with Crippen molar-refractivity contribution in [2.45, 2.75) is 26.0 Å². The summed E-state index contributed by atoms with van der Waals surface area (Å²) in [4.78, 5) is 10.3. The number of nitro benzene ring substituents is 1. The molecule has 1 atom stereocenters. The first-order valence-electron chi connectivity index (χ1n) is 6.17. The molecule has 1 unspecified atom stereocenters. The highest BCUT2D eigenvalue weighted by Gasteiger charge is 2.08. The number of aromatic nitrogens is 1. The fourth-order valence-corrected chi connectivity index (χ4v) is 1.97. The number of aliphatic hydroxyl groups is 1. The molecule has 0 bridgehead atoms. The molecule has 5 nitrogen and oxygen atoms in total. The highest BCUT2D eigenvalue weighted by Crippen LogP contribution is 2.18. The minimum Gasteiger partial charge on any atom is -0.388 e. The molecule has 100 valence electrons. The van der Waals surface area contributed by atoms with Crippen LogP contribution in [0.5, 0.6) is 0 Å². The van der Waals surface area contributed by atoms with E-state index in [2.05, 4.69) is 0 Å². The number of nitrogens with zero attached hydrogens (tertiary/aromatic N) is 2. The van der Waals surface area contributed by atoms with E-state index >= 15 is 0 Å². The molecule has 2 rings (SSSR count). The van der Waals surface area contributed by atoms with Crippen LogP contribution < -0.4 is 0 Å². The van der Waals surface area contributed by atoms with Gasteiger partial charge in [0.2, 0.25) is 0 Å². The van der Waals surface area contributed by atoms with Gasteiger partial charge in [0.1, 0.15) is 0 Å². The standard InChI is InChI=1S/C14H16N2O3/c1-2-14(17)12-6-7-15(10-12)9-11-4-3-5-13(8-11)16(18)19/h3-8,10,14,17H,2,9H2,1H3. The summed E-state index contributed by atoms with van der Waals surface area (Å²) < 4.78 is 1.91. The Morgan fingerprint density at radius 1 is 1.42 bits per heavy atom. The van der Waals surface area contributed by atoms with Crippen LogP contribution in [0, 0.1) is 10.1 Å². The van der Waals surface area contributed by atoms with E-state index in [-0.39, 0.29) is 5.69 Å². The lowest BCUT2D eigenvalue weighted by Crippen LogP contribution is -1.98. The van der Waals surface area contributed by atoms with E-state index < -0.39 is 11.0 Å². The first kappa shape index (κ1) is 13.3. The molecule has 0 aliphatic heterocycles. The molecule has 0 saturated carbocycles. The molecular formula is C14H16N2O3. The molecule has 0 aliphatic rings. The highest BCUT2D eigenvalue weighted by molar-refractivity contribution is 5.34. The monoisotopic (exact) mass is 260 g/mol. The second-order valence-electron chi connectivity index (χ2n) is 4.47. The summed E-state index contributed by atoms with van der Waals surface area (Å²) in [7, 11) is 0. The van der Waals surface area contributed by atoms with Crippen molar-refractivity contribution in [3.8, 4) is 0 Å². The van der Waals surface area contributed by atoms with Crippen molar-refractivity contribution < 1.29 is 10.0 Å². The van der Waals surface area contributed by atoms with Gasteiger partial charge in [-0.1, -0.05) is 19.1 Å². The Balaban J connectivity index is 2.15. The smallest absolute Gasteiger partial charge is 0.269 e. The van der Waals surface area contributed by atoms with Gasteiger partial charge < -0.3 is 9.67 Å². The maximum absolute atomic E-state index is 10.7. The van der Waals surface area contributed by atoms with E-state index in [1.54, 1.807) is 12.1 Å². The Hall–Kier alpha value is -2.14. The first-order valence-corrected chi connectivity index (χ1v) is 6.17. The summed E-state index contributed by atoms with van der Waals surface area (Å²) >= 11 is 0. The van der Waals surface area contributed by atoms with Crippen LogP contribution in [0.15, 0.2) is 42.7 Å². The fraction of sp³-hybridized carbons (Fsp3) is 0.286. The highest BCUT2D eigenvalue weighted by atomic mass is 16.6. The summed E-state index contributed by atoms with van der Waals surface area (Å²) in [6.07, 6.45) is 3.95. The van der Waals surface area contributed by atoms with E-state index in [0.29, 0.717) is 13.0 Å². The summed E-state index contributed by atoms with van der Waals surface area (Å²) in [6, 6.07) is 8.44. The van der Waals surface area contributed by atoms with Crippen molar-refractivity contribution in [3.63, 3.8) is 0 Å². The molecule has 0 saturated heterocycles. The van der Waals surface area contributed by atoms with Crippen LogP contribution in [0.4, 0.5) is 5.69 Å². The largest absolute Gasteiger partial charge is 0.388 e. The lowest BCUT2D eigenvalue weighted by atomic mass is 10.1. The van der Waals surface area contributed by atoms with Crippen molar-refractivity contribution in [1.82, 2.24) is 4.57 Å². The molecule has 0 spiro atoms. The van der Waals surface area contributed by atoms with Gasteiger partial charge in [0.25, 0.3) is 5.69 Å². The Labute approximate surface area is 111 Å². The minimum absolute atomic E-state index is 0.0958. The van der Waals surface area contributed by atoms with Crippen molar-refractivity contribution in [3.05, 3.63) is 64.0 Å². The molecule has 1 aromatic carbocycles. The van der Waals surface area contributed by atoms with E-state index in [4.69, 9.17) is 0 Å². The van der Waals surface area contributed by atoms with Gasteiger partial charge in [-0.3, -0.25) is 10.1 Å². The van der Waals surface area contributed by atoms with Crippen molar-refractivity contribution >= 4 is 5.69 Å². The lowest BCUT2D eigenvalue weighted by Gasteiger charge is -2.05. The van der Waals surface area contributed by atoms with Gasteiger partial charge >= 0.3 is 0 Å². The van der Waals surface area contributed by atoms with Gasteiger partial charge in [-0.25, -0.2) is 0 Å².